The third kappa shape index (κ3) is 7.41. The van der Waals surface area contributed by atoms with Crippen LogP contribution < -0.4 is 4.90 Å². The van der Waals surface area contributed by atoms with Crippen LogP contribution in [0.25, 0.3) is 0 Å². The van der Waals surface area contributed by atoms with Crippen molar-refractivity contribution in [3.05, 3.63) is 42.2 Å². The molecule has 2 rings (SSSR count). The van der Waals surface area contributed by atoms with Crippen molar-refractivity contribution in [2.24, 2.45) is 5.92 Å². The maximum absolute atomic E-state index is 14.1. The molecule has 0 N–H and O–H groups in total. The van der Waals surface area contributed by atoms with Gasteiger partial charge in [0.1, 0.15) is 12.1 Å². The third-order valence-electron chi connectivity index (χ3n) is 5.08. The molecular formula is C22H34FNO. The monoisotopic (exact) mass is 347 g/mol. The Morgan fingerprint density at radius 3 is 2.32 bits per heavy atom. The highest BCUT2D eigenvalue weighted by Crippen LogP contribution is 2.38. The van der Waals surface area contributed by atoms with E-state index in [1.165, 1.54) is 63.0 Å². The van der Waals surface area contributed by atoms with E-state index in [-0.39, 0.29) is 5.82 Å². The van der Waals surface area contributed by atoms with E-state index >= 15 is 0 Å². The van der Waals surface area contributed by atoms with Crippen molar-refractivity contribution in [1.82, 2.24) is 0 Å². The highest BCUT2D eigenvalue weighted by Gasteiger charge is 2.22. The fourth-order valence-electron chi connectivity index (χ4n) is 3.61. The molecule has 1 aromatic carbocycles. The van der Waals surface area contributed by atoms with Gasteiger partial charge in [-0.1, -0.05) is 45.3 Å². The van der Waals surface area contributed by atoms with Crippen molar-refractivity contribution >= 4 is 12.0 Å². The van der Waals surface area contributed by atoms with Crippen molar-refractivity contribution in [2.75, 3.05) is 19.0 Å². The number of allylic oxidation sites excluding steroid dienone is 1. The van der Waals surface area contributed by atoms with Crippen LogP contribution in [0.2, 0.25) is 0 Å². The topological polar surface area (TPSA) is 20.3 Å². The van der Waals surface area contributed by atoms with Crippen molar-refractivity contribution in [1.29, 1.82) is 0 Å². The molecule has 1 fully saturated rings. The molecule has 1 saturated carbocycles. The summed E-state index contributed by atoms with van der Waals surface area (Å²) in [5.74, 6) is 1.40. The first-order chi connectivity index (χ1) is 12.0. The second-order valence-corrected chi connectivity index (χ2v) is 7.19. The van der Waals surface area contributed by atoms with Crippen LogP contribution in [-0.2, 0) is 4.79 Å². The highest BCUT2D eigenvalue weighted by molar-refractivity contribution is 5.63. The summed E-state index contributed by atoms with van der Waals surface area (Å²) in [4.78, 5) is 10.9. The quantitative estimate of drug-likeness (QED) is 0.336. The van der Waals surface area contributed by atoms with Gasteiger partial charge in [0, 0.05) is 14.1 Å². The standard InChI is InChI=1S/C19H30FN.C3H4O/c1-4-5-6-7-15-8-10-16(11-9-15)17-12-13-19(21(2)3)18(20)14-17;1-2-3-4/h12-16H,4-11H2,1-3H3;2-3H,1H2. The molecule has 0 aliphatic heterocycles. The molecule has 0 bridgehead atoms. The molecule has 0 amide bonds. The minimum Gasteiger partial charge on any atom is -0.375 e. The predicted octanol–water partition coefficient (Wildman–Crippen LogP) is 6.12. The van der Waals surface area contributed by atoms with E-state index in [1.54, 1.807) is 6.07 Å². The molecule has 1 aliphatic rings. The molecule has 140 valence electrons. The summed E-state index contributed by atoms with van der Waals surface area (Å²) >= 11 is 0. The molecule has 2 nitrogen and oxygen atoms in total. The van der Waals surface area contributed by atoms with Gasteiger partial charge in [-0.3, -0.25) is 4.79 Å². The van der Waals surface area contributed by atoms with Crippen molar-refractivity contribution in [2.45, 2.75) is 64.2 Å². The Hall–Kier alpha value is -1.64. The van der Waals surface area contributed by atoms with Crippen LogP contribution in [0.1, 0.15) is 69.8 Å². The molecule has 0 radical (unpaired) electrons. The Bertz CT molecular complexity index is 513. The maximum Gasteiger partial charge on any atom is 0.146 e. The number of rotatable bonds is 7. The lowest BCUT2D eigenvalue weighted by molar-refractivity contribution is -0.104. The van der Waals surface area contributed by atoms with Crippen molar-refractivity contribution < 1.29 is 9.18 Å². The highest BCUT2D eigenvalue weighted by atomic mass is 19.1. The fourth-order valence-corrected chi connectivity index (χ4v) is 3.61. The SMILES string of the molecule is C=CC=O.CCCCCC1CCC(c2ccc(N(C)C)c(F)c2)CC1. The number of benzene rings is 1. The summed E-state index contributed by atoms with van der Waals surface area (Å²) < 4.78 is 14.1. The fraction of sp³-hybridized carbons (Fsp3) is 0.591. The van der Waals surface area contributed by atoms with Crippen LogP contribution in [0.3, 0.4) is 0 Å². The second-order valence-electron chi connectivity index (χ2n) is 7.19. The zero-order valence-corrected chi connectivity index (χ0v) is 16.1. The van der Waals surface area contributed by atoms with Gasteiger partial charge in [-0.05, 0) is 61.3 Å². The number of carbonyl (C=O) groups excluding carboxylic acids is 1. The summed E-state index contributed by atoms with van der Waals surface area (Å²) in [5, 5.41) is 0. The maximum atomic E-state index is 14.1. The van der Waals surface area contributed by atoms with Crippen LogP contribution in [0.4, 0.5) is 10.1 Å². The first-order valence-corrected chi connectivity index (χ1v) is 9.56. The van der Waals surface area contributed by atoms with Gasteiger partial charge in [0.05, 0.1) is 5.69 Å². The van der Waals surface area contributed by atoms with Gasteiger partial charge in [0.25, 0.3) is 0 Å². The first kappa shape index (κ1) is 21.4. The van der Waals surface area contributed by atoms with Gasteiger partial charge in [-0.2, -0.15) is 0 Å². The number of nitrogens with zero attached hydrogens (tertiary/aromatic N) is 1. The van der Waals surface area contributed by atoms with E-state index in [9.17, 15) is 4.39 Å². The molecule has 25 heavy (non-hydrogen) atoms. The molecule has 0 spiro atoms. The number of hydrogen-bond acceptors (Lipinski definition) is 2. The van der Waals surface area contributed by atoms with E-state index in [0.717, 1.165) is 5.92 Å². The summed E-state index contributed by atoms with van der Waals surface area (Å²) in [6.07, 6.45) is 12.4. The zero-order valence-electron chi connectivity index (χ0n) is 16.1. The van der Waals surface area contributed by atoms with E-state index in [0.29, 0.717) is 17.9 Å². The number of anilines is 1. The third-order valence-corrected chi connectivity index (χ3v) is 5.08. The number of carbonyl (C=O) groups is 1. The summed E-state index contributed by atoms with van der Waals surface area (Å²) in [6.45, 7) is 5.38. The zero-order chi connectivity index (χ0) is 18.7. The molecule has 0 saturated heterocycles. The van der Waals surface area contributed by atoms with Crippen molar-refractivity contribution in [3.8, 4) is 0 Å². The summed E-state index contributed by atoms with van der Waals surface area (Å²) in [6, 6.07) is 5.82. The van der Waals surface area contributed by atoms with Crippen LogP contribution in [0.5, 0.6) is 0 Å². The molecule has 0 aromatic heterocycles. The van der Waals surface area contributed by atoms with E-state index in [1.807, 2.05) is 25.1 Å². The molecule has 0 heterocycles. The average molecular weight is 348 g/mol. The van der Waals surface area contributed by atoms with Gasteiger partial charge < -0.3 is 4.90 Å². The Labute approximate surface area is 153 Å². The molecule has 0 atom stereocenters. The Kier molecular flexibility index (Phi) is 10.1. The van der Waals surface area contributed by atoms with Gasteiger partial charge in [-0.25, -0.2) is 4.39 Å². The molecule has 3 heteroatoms. The van der Waals surface area contributed by atoms with Crippen LogP contribution in [0.15, 0.2) is 30.9 Å². The Morgan fingerprint density at radius 2 is 1.84 bits per heavy atom. The lowest BCUT2D eigenvalue weighted by Crippen LogP contribution is -2.15. The molecule has 1 aromatic rings. The minimum atomic E-state index is -0.0810. The van der Waals surface area contributed by atoms with Gasteiger partial charge in [0.2, 0.25) is 0 Å². The predicted molar refractivity (Wildman–Crippen MR) is 106 cm³/mol. The molecular weight excluding hydrogens is 313 g/mol. The second kappa shape index (κ2) is 11.8. The lowest BCUT2D eigenvalue weighted by atomic mass is 9.77. The summed E-state index contributed by atoms with van der Waals surface area (Å²) in [7, 11) is 3.78. The smallest absolute Gasteiger partial charge is 0.146 e. The van der Waals surface area contributed by atoms with Gasteiger partial charge >= 0.3 is 0 Å². The molecule has 0 unspecified atom stereocenters. The normalized spacial score (nSPS) is 19.5. The van der Waals surface area contributed by atoms with Crippen LogP contribution >= 0.6 is 0 Å². The largest absolute Gasteiger partial charge is 0.375 e. The number of aldehydes is 1. The van der Waals surface area contributed by atoms with E-state index in [2.05, 4.69) is 19.6 Å². The van der Waals surface area contributed by atoms with Gasteiger partial charge in [0.15, 0.2) is 0 Å². The van der Waals surface area contributed by atoms with Crippen LogP contribution in [-0.4, -0.2) is 20.4 Å². The van der Waals surface area contributed by atoms with Gasteiger partial charge in [-0.15, -0.1) is 0 Å². The van der Waals surface area contributed by atoms with E-state index in [4.69, 9.17) is 4.79 Å². The van der Waals surface area contributed by atoms with Crippen LogP contribution in [0, 0.1) is 11.7 Å². The van der Waals surface area contributed by atoms with Crippen molar-refractivity contribution in [3.63, 3.8) is 0 Å². The Balaban J connectivity index is 0.000000705. The molecule has 1 aliphatic carbocycles. The number of unbranched alkanes of at least 4 members (excludes halogenated alkanes) is 2. The number of halogens is 1. The Morgan fingerprint density at radius 1 is 1.20 bits per heavy atom. The first-order valence-electron chi connectivity index (χ1n) is 9.56. The number of hydrogen-bond donors (Lipinski definition) is 0. The lowest BCUT2D eigenvalue weighted by Gasteiger charge is -2.29. The average Bonchev–Trinajstić information content (AvgIpc) is 2.62. The summed E-state index contributed by atoms with van der Waals surface area (Å²) in [5.41, 5.74) is 1.89. The minimum absolute atomic E-state index is 0.0810. The van der Waals surface area contributed by atoms with E-state index < -0.39 is 0 Å².